The van der Waals surface area contributed by atoms with Crippen molar-refractivity contribution in [1.82, 2.24) is 13.1 Å². The Hall–Kier alpha value is -1.73. The zero-order chi connectivity index (χ0) is 22.2. The Kier molecular flexibility index (Phi) is 6.72. The Morgan fingerprint density at radius 1 is 1.17 bits per heavy atom. The van der Waals surface area contributed by atoms with E-state index in [2.05, 4.69) is 53.1 Å². The number of nitrogens with zero attached hydrogens (tertiary/aromatic N) is 3. The van der Waals surface area contributed by atoms with Gasteiger partial charge >= 0.3 is 0 Å². The van der Waals surface area contributed by atoms with Gasteiger partial charge in [-0.1, -0.05) is 13.8 Å². The standard InChI is InChI=1S/C18H25N5O3S4/c1-9(2)14(13-7-10(3)11(4)28-13)20-17-16(21-29-22-17)19-12-8-27-18(15(12)24)30(25,26)23(5)6/h7-9,14,24H,1-6H3,(H,19,21)(H,20,22)/t14-/m1/s1. The molecule has 3 aromatic rings. The van der Waals surface area contributed by atoms with Gasteiger partial charge in [-0.05, 0) is 31.4 Å². The molecule has 164 valence electrons. The van der Waals surface area contributed by atoms with Gasteiger partial charge < -0.3 is 15.7 Å². The van der Waals surface area contributed by atoms with E-state index < -0.39 is 10.0 Å². The first-order valence-corrected chi connectivity index (χ1v) is 13.0. The maximum atomic E-state index is 12.4. The van der Waals surface area contributed by atoms with Crippen LogP contribution < -0.4 is 10.6 Å². The smallest absolute Gasteiger partial charge is 0.255 e. The Bertz CT molecular complexity index is 1110. The Labute approximate surface area is 189 Å². The molecule has 0 fully saturated rings. The summed E-state index contributed by atoms with van der Waals surface area (Å²) < 4.78 is 34.3. The number of hydrogen-bond acceptors (Lipinski definition) is 10. The van der Waals surface area contributed by atoms with E-state index in [1.165, 1.54) is 29.4 Å². The van der Waals surface area contributed by atoms with Crippen LogP contribution in [0.3, 0.4) is 0 Å². The lowest BCUT2D eigenvalue weighted by atomic mass is 10.0. The predicted molar refractivity (Wildman–Crippen MR) is 125 cm³/mol. The van der Waals surface area contributed by atoms with E-state index in [-0.39, 0.29) is 21.7 Å². The van der Waals surface area contributed by atoms with Crippen LogP contribution in [0.5, 0.6) is 5.75 Å². The number of aromatic nitrogens is 2. The maximum Gasteiger partial charge on any atom is 0.255 e. The molecule has 0 radical (unpaired) electrons. The van der Waals surface area contributed by atoms with Crippen LogP contribution >= 0.6 is 34.4 Å². The fourth-order valence-electron chi connectivity index (χ4n) is 2.73. The van der Waals surface area contributed by atoms with Crippen molar-refractivity contribution in [1.29, 1.82) is 0 Å². The van der Waals surface area contributed by atoms with Crippen molar-refractivity contribution in [3.05, 3.63) is 26.8 Å². The van der Waals surface area contributed by atoms with E-state index in [0.29, 0.717) is 17.6 Å². The quantitative estimate of drug-likeness (QED) is 0.419. The lowest BCUT2D eigenvalue weighted by molar-refractivity contribution is 0.460. The highest BCUT2D eigenvalue weighted by molar-refractivity contribution is 7.91. The minimum absolute atomic E-state index is 0.0487. The summed E-state index contributed by atoms with van der Waals surface area (Å²) >= 11 is 3.75. The molecule has 8 nitrogen and oxygen atoms in total. The molecule has 3 heterocycles. The summed E-state index contributed by atoms with van der Waals surface area (Å²) in [5.74, 6) is 0.989. The van der Waals surface area contributed by atoms with Crippen molar-refractivity contribution in [3.8, 4) is 5.75 Å². The molecule has 3 N–H and O–H groups in total. The Morgan fingerprint density at radius 2 is 1.83 bits per heavy atom. The third kappa shape index (κ3) is 4.47. The summed E-state index contributed by atoms with van der Waals surface area (Å²) in [5.41, 5.74) is 1.54. The minimum atomic E-state index is -3.73. The number of aromatic hydroxyl groups is 1. The molecule has 0 saturated carbocycles. The molecule has 12 heteroatoms. The maximum absolute atomic E-state index is 12.4. The van der Waals surface area contributed by atoms with Crippen molar-refractivity contribution in [2.45, 2.75) is 37.9 Å². The zero-order valence-electron chi connectivity index (χ0n) is 17.5. The zero-order valence-corrected chi connectivity index (χ0v) is 20.8. The van der Waals surface area contributed by atoms with Crippen LogP contribution in [0.1, 0.15) is 35.2 Å². The van der Waals surface area contributed by atoms with Crippen LogP contribution in [0, 0.1) is 19.8 Å². The van der Waals surface area contributed by atoms with Gasteiger partial charge in [-0.3, -0.25) is 0 Å². The van der Waals surface area contributed by atoms with Crippen LogP contribution in [0.2, 0.25) is 0 Å². The second-order valence-corrected chi connectivity index (χ2v) is 12.5. The first kappa shape index (κ1) is 22.9. The summed E-state index contributed by atoms with van der Waals surface area (Å²) in [5, 5.41) is 18.5. The summed E-state index contributed by atoms with van der Waals surface area (Å²) in [4.78, 5) is 2.50. The van der Waals surface area contributed by atoms with E-state index in [1.807, 2.05) is 0 Å². The van der Waals surface area contributed by atoms with Gasteiger partial charge in [0.15, 0.2) is 21.6 Å². The highest BCUT2D eigenvalue weighted by Crippen LogP contribution is 2.41. The van der Waals surface area contributed by atoms with Gasteiger partial charge in [0.2, 0.25) is 0 Å². The molecular weight excluding hydrogens is 462 g/mol. The van der Waals surface area contributed by atoms with Crippen LogP contribution in [-0.2, 0) is 10.0 Å². The third-order valence-electron chi connectivity index (χ3n) is 4.64. The number of rotatable bonds is 8. The summed E-state index contributed by atoms with van der Waals surface area (Å²) in [6.07, 6.45) is 0. The minimum Gasteiger partial charge on any atom is -0.504 e. The van der Waals surface area contributed by atoms with Crippen molar-refractivity contribution in [2.24, 2.45) is 5.92 Å². The normalized spacial score (nSPS) is 13.2. The molecule has 0 bridgehead atoms. The van der Waals surface area contributed by atoms with Crippen LogP contribution in [0.25, 0.3) is 0 Å². The van der Waals surface area contributed by atoms with E-state index in [4.69, 9.17) is 0 Å². The molecule has 0 aliphatic carbocycles. The first-order chi connectivity index (χ1) is 14.0. The Morgan fingerprint density at radius 3 is 2.40 bits per heavy atom. The number of aryl methyl sites for hydroxylation is 2. The van der Waals surface area contributed by atoms with Gasteiger partial charge in [0.05, 0.1) is 23.5 Å². The largest absolute Gasteiger partial charge is 0.504 e. The van der Waals surface area contributed by atoms with Gasteiger partial charge in [-0.25, -0.2) is 12.7 Å². The summed E-state index contributed by atoms with van der Waals surface area (Å²) in [6, 6.07) is 2.24. The number of anilines is 3. The SMILES string of the molecule is Cc1cc([C@H](Nc2nsnc2Nc2csc(S(=O)(=O)N(C)C)c2O)C(C)C)sc1C. The van der Waals surface area contributed by atoms with Crippen molar-refractivity contribution in [2.75, 3.05) is 24.7 Å². The predicted octanol–water partition coefficient (Wildman–Crippen LogP) is 4.79. The number of sulfonamides is 1. The fourth-order valence-corrected chi connectivity index (χ4v) is 6.86. The third-order valence-corrected chi connectivity index (χ3v) is 9.71. The molecule has 0 aliphatic rings. The molecule has 3 aromatic heterocycles. The molecule has 0 spiro atoms. The van der Waals surface area contributed by atoms with Gasteiger partial charge in [0.1, 0.15) is 0 Å². The molecule has 0 unspecified atom stereocenters. The van der Waals surface area contributed by atoms with Crippen molar-refractivity contribution < 1.29 is 13.5 Å². The first-order valence-electron chi connectivity index (χ1n) is 9.18. The summed E-state index contributed by atoms with van der Waals surface area (Å²) in [6.45, 7) is 8.48. The van der Waals surface area contributed by atoms with Crippen molar-refractivity contribution >= 4 is 61.7 Å². The number of hydrogen-bond donors (Lipinski definition) is 3. The monoisotopic (exact) mass is 487 g/mol. The molecule has 3 rings (SSSR count). The van der Waals surface area contributed by atoms with Gasteiger partial charge in [0, 0.05) is 29.2 Å². The van der Waals surface area contributed by atoms with Crippen molar-refractivity contribution in [3.63, 3.8) is 0 Å². The second kappa shape index (κ2) is 8.79. The molecule has 30 heavy (non-hydrogen) atoms. The fraction of sp³-hybridized carbons (Fsp3) is 0.444. The summed E-state index contributed by atoms with van der Waals surface area (Å²) in [7, 11) is -0.880. The number of thiophene rings is 2. The molecule has 1 atom stereocenters. The Balaban J connectivity index is 1.86. The van der Waals surface area contributed by atoms with E-state index in [9.17, 15) is 13.5 Å². The molecule has 0 aromatic carbocycles. The van der Waals surface area contributed by atoms with Gasteiger partial charge in [-0.2, -0.15) is 8.75 Å². The second-order valence-electron chi connectivity index (χ2n) is 7.41. The average molecular weight is 488 g/mol. The molecule has 0 amide bonds. The van der Waals surface area contributed by atoms with Gasteiger partial charge in [-0.15, -0.1) is 22.7 Å². The highest BCUT2D eigenvalue weighted by Gasteiger charge is 2.27. The van der Waals surface area contributed by atoms with Crippen LogP contribution in [-0.4, -0.2) is 40.7 Å². The van der Waals surface area contributed by atoms with Gasteiger partial charge in [0.25, 0.3) is 10.0 Å². The molecule has 0 aliphatic heterocycles. The topological polar surface area (TPSA) is 107 Å². The average Bonchev–Trinajstić information content (AvgIpc) is 3.34. The van der Waals surface area contributed by atoms with Crippen LogP contribution in [0.15, 0.2) is 15.7 Å². The lowest BCUT2D eigenvalue weighted by Crippen LogP contribution is -2.21. The van der Waals surface area contributed by atoms with E-state index >= 15 is 0 Å². The molecule has 0 saturated heterocycles. The van der Waals surface area contributed by atoms with E-state index in [1.54, 1.807) is 16.7 Å². The number of nitrogens with one attached hydrogen (secondary N) is 2. The van der Waals surface area contributed by atoms with E-state index in [0.717, 1.165) is 27.4 Å². The van der Waals surface area contributed by atoms with Crippen LogP contribution in [0.4, 0.5) is 17.3 Å². The molecular formula is C18H25N5O3S4. The highest BCUT2D eigenvalue weighted by atomic mass is 32.2. The lowest BCUT2D eigenvalue weighted by Gasteiger charge is -2.21.